The van der Waals surface area contributed by atoms with Crippen LogP contribution in [0, 0.1) is 0 Å². The SMILES string of the molecule is C=CC(O)CNCCS(=O)(=O)O. The summed E-state index contributed by atoms with van der Waals surface area (Å²) >= 11 is 0. The Bertz CT molecular complexity index is 224. The van der Waals surface area contributed by atoms with E-state index in [2.05, 4.69) is 11.9 Å². The van der Waals surface area contributed by atoms with E-state index in [4.69, 9.17) is 9.66 Å². The van der Waals surface area contributed by atoms with Gasteiger partial charge in [0.25, 0.3) is 10.1 Å². The summed E-state index contributed by atoms with van der Waals surface area (Å²) in [5.41, 5.74) is 0. The van der Waals surface area contributed by atoms with Crippen LogP contribution in [0.3, 0.4) is 0 Å². The third kappa shape index (κ3) is 7.67. The first-order chi connectivity index (χ1) is 5.45. The lowest BCUT2D eigenvalue weighted by Gasteiger charge is -2.05. The monoisotopic (exact) mass is 195 g/mol. The number of aliphatic hydroxyl groups excluding tert-OH is 1. The molecule has 0 heterocycles. The summed E-state index contributed by atoms with van der Waals surface area (Å²) in [5.74, 6) is -0.350. The van der Waals surface area contributed by atoms with Crippen LogP contribution in [0.25, 0.3) is 0 Å². The van der Waals surface area contributed by atoms with Gasteiger partial charge in [-0.15, -0.1) is 6.58 Å². The van der Waals surface area contributed by atoms with Gasteiger partial charge in [0, 0.05) is 13.1 Å². The number of hydrogen-bond donors (Lipinski definition) is 3. The Labute approximate surface area is 71.8 Å². The van der Waals surface area contributed by atoms with Crippen LogP contribution in [0.15, 0.2) is 12.7 Å². The average molecular weight is 195 g/mol. The van der Waals surface area contributed by atoms with Gasteiger partial charge in [-0.2, -0.15) is 8.42 Å². The van der Waals surface area contributed by atoms with E-state index in [-0.39, 0.29) is 18.8 Å². The van der Waals surface area contributed by atoms with E-state index < -0.39 is 16.2 Å². The minimum absolute atomic E-state index is 0.115. The van der Waals surface area contributed by atoms with Crippen LogP contribution in [0.2, 0.25) is 0 Å². The predicted molar refractivity (Wildman–Crippen MR) is 45.5 cm³/mol. The van der Waals surface area contributed by atoms with E-state index in [9.17, 15) is 8.42 Å². The van der Waals surface area contributed by atoms with Crippen molar-refractivity contribution in [3.8, 4) is 0 Å². The van der Waals surface area contributed by atoms with Crippen molar-refractivity contribution in [2.75, 3.05) is 18.8 Å². The molecule has 5 nitrogen and oxygen atoms in total. The molecule has 0 saturated heterocycles. The summed E-state index contributed by atoms with van der Waals surface area (Å²) in [6.45, 7) is 3.68. The molecule has 0 amide bonds. The molecule has 0 aliphatic carbocycles. The van der Waals surface area contributed by atoms with Crippen LogP contribution in [0.5, 0.6) is 0 Å². The standard InChI is InChI=1S/C6H13NO4S/c1-2-6(8)5-7-3-4-12(9,10)11/h2,6-8H,1,3-5H2,(H,9,10,11). The summed E-state index contributed by atoms with van der Waals surface area (Å²) in [6, 6.07) is 0. The largest absolute Gasteiger partial charge is 0.388 e. The van der Waals surface area contributed by atoms with E-state index >= 15 is 0 Å². The fraction of sp³-hybridized carbons (Fsp3) is 0.667. The summed E-state index contributed by atoms with van der Waals surface area (Å²) in [6.07, 6.45) is 0.645. The molecule has 0 spiro atoms. The van der Waals surface area contributed by atoms with E-state index in [1.807, 2.05) is 0 Å². The quantitative estimate of drug-likeness (QED) is 0.288. The minimum Gasteiger partial charge on any atom is -0.388 e. The molecule has 0 aromatic heterocycles. The summed E-state index contributed by atoms with van der Waals surface area (Å²) in [4.78, 5) is 0. The molecule has 6 heteroatoms. The number of hydrogen-bond acceptors (Lipinski definition) is 4. The molecule has 0 aromatic carbocycles. The van der Waals surface area contributed by atoms with Crippen molar-refractivity contribution >= 4 is 10.1 Å². The maximum absolute atomic E-state index is 10.2. The van der Waals surface area contributed by atoms with Crippen molar-refractivity contribution < 1.29 is 18.1 Å². The fourth-order valence-corrected chi connectivity index (χ4v) is 0.937. The zero-order valence-corrected chi connectivity index (χ0v) is 7.42. The van der Waals surface area contributed by atoms with E-state index in [0.717, 1.165) is 0 Å². The Hall–Kier alpha value is -0.430. The van der Waals surface area contributed by atoms with Gasteiger partial charge >= 0.3 is 0 Å². The van der Waals surface area contributed by atoms with Crippen LogP contribution < -0.4 is 5.32 Å². The summed E-state index contributed by atoms with van der Waals surface area (Å²) in [7, 11) is -3.90. The molecule has 0 aliphatic heterocycles. The first-order valence-electron chi connectivity index (χ1n) is 3.42. The van der Waals surface area contributed by atoms with Crippen molar-refractivity contribution in [3.63, 3.8) is 0 Å². The van der Waals surface area contributed by atoms with Crippen molar-refractivity contribution in [3.05, 3.63) is 12.7 Å². The van der Waals surface area contributed by atoms with Crippen molar-refractivity contribution in [2.45, 2.75) is 6.10 Å². The third-order valence-corrected chi connectivity index (χ3v) is 1.88. The molecule has 0 aromatic rings. The Morgan fingerprint density at radius 2 is 2.17 bits per heavy atom. The van der Waals surface area contributed by atoms with Gasteiger partial charge in [-0.3, -0.25) is 4.55 Å². The summed E-state index contributed by atoms with van der Waals surface area (Å²) in [5, 5.41) is 11.5. The molecule has 3 N–H and O–H groups in total. The van der Waals surface area contributed by atoms with Crippen molar-refractivity contribution in [1.82, 2.24) is 5.32 Å². The van der Waals surface area contributed by atoms with E-state index in [1.165, 1.54) is 6.08 Å². The molecule has 0 saturated carbocycles. The van der Waals surface area contributed by atoms with E-state index in [0.29, 0.717) is 0 Å². The van der Waals surface area contributed by atoms with Crippen LogP contribution in [0.1, 0.15) is 0 Å². The lowest BCUT2D eigenvalue weighted by atomic mass is 10.3. The smallest absolute Gasteiger partial charge is 0.266 e. The molecular weight excluding hydrogens is 182 g/mol. The maximum atomic E-state index is 10.2. The van der Waals surface area contributed by atoms with Crippen molar-refractivity contribution in [2.24, 2.45) is 0 Å². The Balaban J connectivity index is 3.40. The topological polar surface area (TPSA) is 86.6 Å². The summed E-state index contributed by atoms with van der Waals surface area (Å²) < 4.78 is 28.6. The molecule has 0 radical (unpaired) electrons. The van der Waals surface area contributed by atoms with Gasteiger partial charge in [0.05, 0.1) is 11.9 Å². The fourth-order valence-electron chi connectivity index (χ4n) is 0.534. The minimum atomic E-state index is -3.90. The molecule has 0 bridgehead atoms. The van der Waals surface area contributed by atoms with Gasteiger partial charge in [0.1, 0.15) is 0 Å². The van der Waals surface area contributed by atoms with Gasteiger partial charge in [0.15, 0.2) is 0 Å². The Kier molecular flexibility index (Phi) is 5.07. The Morgan fingerprint density at radius 3 is 2.58 bits per heavy atom. The first-order valence-corrected chi connectivity index (χ1v) is 5.03. The highest BCUT2D eigenvalue weighted by atomic mass is 32.2. The molecular formula is C6H13NO4S. The number of nitrogens with one attached hydrogen (secondary N) is 1. The zero-order valence-electron chi connectivity index (χ0n) is 6.60. The molecule has 72 valence electrons. The average Bonchev–Trinajstić information content (AvgIpc) is 1.96. The van der Waals surface area contributed by atoms with Gasteiger partial charge in [-0.1, -0.05) is 6.08 Å². The molecule has 1 unspecified atom stereocenters. The zero-order chi connectivity index (χ0) is 9.61. The second-order valence-electron chi connectivity index (χ2n) is 2.29. The predicted octanol–water partition coefficient (Wildman–Crippen LogP) is -0.989. The van der Waals surface area contributed by atoms with Gasteiger partial charge < -0.3 is 10.4 Å². The highest BCUT2D eigenvalue weighted by molar-refractivity contribution is 7.85. The third-order valence-electron chi connectivity index (χ3n) is 1.16. The molecule has 12 heavy (non-hydrogen) atoms. The first kappa shape index (κ1) is 11.6. The molecule has 1 atom stereocenters. The normalized spacial score (nSPS) is 14.2. The maximum Gasteiger partial charge on any atom is 0.266 e. The van der Waals surface area contributed by atoms with Crippen molar-refractivity contribution in [1.29, 1.82) is 0 Å². The lowest BCUT2D eigenvalue weighted by Crippen LogP contribution is -2.29. The highest BCUT2D eigenvalue weighted by Crippen LogP contribution is 1.81. The van der Waals surface area contributed by atoms with Crippen LogP contribution in [-0.2, 0) is 10.1 Å². The van der Waals surface area contributed by atoms with Gasteiger partial charge in [-0.25, -0.2) is 0 Å². The number of aliphatic hydroxyl groups is 1. The van der Waals surface area contributed by atoms with Crippen LogP contribution in [0.4, 0.5) is 0 Å². The number of rotatable bonds is 6. The Morgan fingerprint density at radius 1 is 1.58 bits per heavy atom. The van der Waals surface area contributed by atoms with Gasteiger partial charge in [0.2, 0.25) is 0 Å². The van der Waals surface area contributed by atoms with E-state index in [1.54, 1.807) is 0 Å². The highest BCUT2D eigenvalue weighted by Gasteiger charge is 2.03. The van der Waals surface area contributed by atoms with Crippen LogP contribution >= 0.6 is 0 Å². The molecule has 0 fully saturated rings. The molecule has 0 rings (SSSR count). The second kappa shape index (κ2) is 5.26. The lowest BCUT2D eigenvalue weighted by molar-refractivity contribution is 0.220. The van der Waals surface area contributed by atoms with Gasteiger partial charge in [-0.05, 0) is 0 Å². The second-order valence-corrected chi connectivity index (χ2v) is 3.87. The molecule has 0 aliphatic rings. The van der Waals surface area contributed by atoms with Crippen LogP contribution in [-0.4, -0.2) is 43.0 Å².